The third-order valence-electron chi connectivity index (χ3n) is 2.88. The number of nitrogens with one attached hydrogen (secondary N) is 1. The number of alkyl halides is 3. The van der Waals surface area contributed by atoms with Gasteiger partial charge in [-0.15, -0.1) is 0 Å². The fourth-order valence-corrected chi connectivity index (χ4v) is 2.12. The molecule has 1 aromatic heterocycles. The largest absolute Gasteiger partial charge is 0.417 e. The number of benzene rings is 1. The number of rotatable bonds is 3. The molecular weight excluding hydrogens is 301 g/mol. The van der Waals surface area contributed by atoms with Crippen molar-refractivity contribution in [3.05, 3.63) is 41.2 Å². The van der Waals surface area contributed by atoms with Crippen molar-refractivity contribution >= 4 is 28.6 Å². The Balaban J connectivity index is 2.41. The van der Waals surface area contributed by atoms with E-state index in [-0.39, 0.29) is 10.6 Å². The minimum atomic E-state index is -4.50. The number of nitrogens with two attached hydrogens (primary N) is 1. The van der Waals surface area contributed by atoms with Crippen LogP contribution < -0.4 is 11.1 Å². The number of thiocarbonyl (C=S) groups is 1. The van der Waals surface area contributed by atoms with E-state index < -0.39 is 11.7 Å². The van der Waals surface area contributed by atoms with Gasteiger partial charge in [0.25, 0.3) is 0 Å². The Bertz CT molecular complexity index is 691. The molecule has 0 aliphatic heterocycles. The Labute approximate surface area is 124 Å². The zero-order valence-electron chi connectivity index (χ0n) is 11.3. The predicted octanol–water partition coefficient (Wildman–Crippen LogP) is 3.13. The van der Waals surface area contributed by atoms with Crippen molar-refractivity contribution in [3.63, 3.8) is 0 Å². The van der Waals surface area contributed by atoms with Gasteiger partial charge in [0.2, 0.25) is 0 Å². The minimum absolute atomic E-state index is 0.205. The molecule has 0 saturated carbocycles. The molecule has 0 fully saturated rings. The summed E-state index contributed by atoms with van der Waals surface area (Å²) in [5, 5.41) is 7.15. The second kappa shape index (κ2) is 5.36. The van der Waals surface area contributed by atoms with Gasteiger partial charge in [0, 0.05) is 24.5 Å². The number of anilines is 2. The molecule has 2 rings (SSSR count). The first-order valence-corrected chi connectivity index (χ1v) is 6.37. The summed E-state index contributed by atoms with van der Waals surface area (Å²) in [6.07, 6.45) is -2.77. The second-order valence-corrected chi connectivity index (χ2v) is 4.99. The van der Waals surface area contributed by atoms with E-state index >= 15 is 0 Å². The highest BCUT2D eigenvalue weighted by molar-refractivity contribution is 7.80. The summed E-state index contributed by atoms with van der Waals surface area (Å²) >= 11 is 4.71. The SMILES string of the molecule is Cc1nn(C)cc1Nc1ccc(C(F)(F)F)c(C(N)=S)c1. The molecular formula is C13H13F3N4S. The molecule has 0 saturated heterocycles. The number of halogens is 3. The zero-order chi connectivity index (χ0) is 15.8. The summed E-state index contributed by atoms with van der Waals surface area (Å²) in [5.41, 5.74) is 6.24. The maximum absolute atomic E-state index is 12.9. The molecule has 1 aromatic carbocycles. The van der Waals surface area contributed by atoms with Crippen LogP contribution in [0.4, 0.5) is 24.5 Å². The molecule has 0 amide bonds. The van der Waals surface area contributed by atoms with Crippen LogP contribution in [0.25, 0.3) is 0 Å². The number of aromatic nitrogens is 2. The quantitative estimate of drug-likeness (QED) is 0.855. The first kappa shape index (κ1) is 15.3. The number of hydrogen-bond donors (Lipinski definition) is 2. The van der Waals surface area contributed by atoms with Crippen molar-refractivity contribution in [2.75, 3.05) is 5.32 Å². The smallest absolute Gasteiger partial charge is 0.389 e. The van der Waals surface area contributed by atoms with E-state index in [2.05, 4.69) is 10.4 Å². The maximum Gasteiger partial charge on any atom is 0.417 e. The van der Waals surface area contributed by atoms with Gasteiger partial charge in [-0.25, -0.2) is 0 Å². The maximum atomic E-state index is 12.9. The van der Waals surface area contributed by atoms with Crippen LogP contribution in [0.3, 0.4) is 0 Å². The highest BCUT2D eigenvalue weighted by atomic mass is 32.1. The highest BCUT2D eigenvalue weighted by Gasteiger charge is 2.34. The molecule has 0 aliphatic carbocycles. The van der Waals surface area contributed by atoms with E-state index in [4.69, 9.17) is 18.0 Å². The molecule has 0 unspecified atom stereocenters. The van der Waals surface area contributed by atoms with Gasteiger partial charge in [-0.2, -0.15) is 18.3 Å². The van der Waals surface area contributed by atoms with E-state index in [1.165, 1.54) is 12.1 Å². The number of nitrogens with zero attached hydrogens (tertiary/aromatic N) is 2. The molecule has 4 nitrogen and oxygen atoms in total. The summed E-state index contributed by atoms with van der Waals surface area (Å²) in [6.45, 7) is 1.79. The molecule has 0 radical (unpaired) electrons. The standard InChI is InChI=1S/C13H13F3N4S/c1-7-11(6-20(2)19-7)18-8-3-4-10(13(14,15)16)9(5-8)12(17)21/h3-6,18H,1-2H3,(H2,17,21). The fourth-order valence-electron chi connectivity index (χ4n) is 1.95. The lowest BCUT2D eigenvalue weighted by Crippen LogP contribution is -2.18. The average molecular weight is 314 g/mol. The Morgan fingerprint density at radius 2 is 2.05 bits per heavy atom. The summed E-state index contributed by atoms with van der Waals surface area (Å²) < 4.78 is 40.3. The molecule has 0 aliphatic rings. The highest BCUT2D eigenvalue weighted by Crippen LogP contribution is 2.34. The van der Waals surface area contributed by atoms with Crippen LogP contribution in [-0.2, 0) is 13.2 Å². The lowest BCUT2D eigenvalue weighted by Gasteiger charge is -2.14. The van der Waals surface area contributed by atoms with Crippen molar-refractivity contribution in [1.82, 2.24) is 9.78 Å². The van der Waals surface area contributed by atoms with Gasteiger partial charge < -0.3 is 11.1 Å². The van der Waals surface area contributed by atoms with Crippen LogP contribution in [0.1, 0.15) is 16.8 Å². The third kappa shape index (κ3) is 3.33. The third-order valence-corrected chi connectivity index (χ3v) is 3.10. The Hall–Kier alpha value is -2.09. The van der Waals surface area contributed by atoms with Gasteiger partial charge in [-0.1, -0.05) is 12.2 Å². The van der Waals surface area contributed by atoms with Crippen LogP contribution in [0, 0.1) is 6.92 Å². The number of hydrogen-bond acceptors (Lipinski definition) is 3. The zero-order valence-corrected chi connectivity index (χ0v) is 12.1. The molecule has 0 spiro atoms. The molecule has 1 heterocycles. The van der Waals surface area contributed by atoms with Crippen molar-refractivity contribution in [2.24, 2.45) is 12.8 Å². The lowest BCUT2D eigenvalue weighted by molar-refractivity contribution is -0.137. The molecule has 21 heavy (non-hydrogen) atoms. The van der Waals surface area contributed by atoms with Crippen LogP contribution in [0.15, 0.2) is 24.4 Å². The lowest BCUT2D eigenvalue weighted by atomic mass is 10.1. The summed E-state index contributed by atoms with van der Waals surface area (Å²) in [4.78, 5) is -0.297. The van der Waals surface area contributed by atoms with Gasteiger partial charge >= 0.3 is 6.18 Å². The second-order valence-electron chi connectivity index (χ2n) is 4.55. The molecule has 8 heteroatoms. The normalized spacial score (nSPS) is 11.5. The predicted molar refractivity (Wildman–Crippen MR) is 78.6 cm³/mol. The van der Waals surface area contributed by atoms with Crippen LogP contribution in [0.5, 0.6) is 0 Å². The fraction of sp³-hybridized carbons (Fsp3) is 0.231. The van der Waals surface area contributed by atoms with E-state index in [1.807, 2.05) is 0 Å². The Morgan fingerprint density at radius 1 is 1.38 bits per heavy atom. The van der Waals surface area contributed by atoms with Gasteiger partial charge in [-0.3, -0.25) is 4.68 Å². The van der Waals surface area contributed by atoms with Crippen LogP contribution in [0.2, 0.25) is 0 Å². The van der Waals surface area contributed by atoms with Gasteiger partial charge in [0.05, 0.1) is 16.9 Å². The van der Waals surface area contributed by atoms with Crippen LogP contribution in [-0.4, -0.2) is 14.8 Å². The van der Waals surface area contributed by atoms with Crippen LogP contribution >= 0.6 is 12.2 Å². The summed E-state index contributed by atoms with van der Waals surface area (Å²) in [5.74, 6) is 0. The molecule has 0 atom stereocenters. The average Bonchev–Trinajstić information content (AvgIpc) is 2.66. The monoisotopic (exact) mass is 314 g/mol. The number of aryl methyl sites for hydroxylation is 2. The van der Waals surface area contributed by atoms with Crippen molar-refractivity contribution in [1.29, 1.82) is 0 Å². The van der Waals surface area contributed by atoms with Gasteiger partial charge in [0.15, 0.2) is 0 Å². The topological polar surface area (TPSA) is 55.9 Å². The molecule has 3 N–H and O–H groups in total. The van der Waals surface area contributed by atoms with Gasteiger partial charge in [0.1, 0.15) is 4.99 Å². The Morgan fingerprint density at radius 3 is 2.52 bits per heavy atom. The summed E-state index contributed by atoms with van der Waals surface area (Å²) in [6, 6.07) is 3.58. The summed E-state index contributed by atoms with van der Waals surface area (Å²) in [7, 11) is 1.76. The van der Waals surface area contributed by atoms with E-state index in [0.29, 0.717) is 11.4 Å². The van der Waals surface area contributed by atoms with Gasteiger partial charge in [-0.05, 0) is 25.1 Å². The van der Waals surface area contributed by atoms with E-state index in [0.717, 1.165) is 11.8 Å². The molecule has 0 bridgehead atoms. The minimum Gasteiger partial charge on any atom is -0.389 e. The molecule has 2 aromatic rings. The first-order valence-electron chi connectivity index (χ1n) is 5.97. The molecule has 112 valence electrons. The van der Waals surface area contributed by atoms with Crippen molar-refractivity contribution in [3.8, 4) is 0 Å². The first-order chi connectivity index (χ1) is 9.68. The van der Waals surface area contributed by atoms with E-state index in [9.17, 15) is 13.2 Å². The van der Waals surface area contributed by atoms with E-state index in [1.54, 1.807) is 24.9 Å². The van der Waals surface area contributed by atoms with Crippen molar-refractivity contribution in [2.45, 2.75) is 13.1 Å². The Kier molecular flexibility index (Phi) is 3.91. The van der Waals surface area contributed by atoms with Crippen molar-refractivity contribution < 1.29 is 13.2 Å².